The minimum absolute atomic E-state index is 1.04. The summed E-state index contributed by atoms with van der Waals surface area (Å²) in [5.41, 5.74) is 3.16. The SMILES string of the molecule is CNN1CCN(c2ccccn2)CC1. The summed E-state index contributed by atoms with van der Waals surface area (Å²) >= 11 is 0. The highest BCUT2D eigenvalue weighted by Crippen LogP contribution is 2.10. The van der Waals surface area contributed by atoms with Gasteiger partial charge in [0.2, 0.25) is 0 Å². The van der Waals surface area contributed by atoms with Crippen LogP contribution in [0.15, 0.2) is 24.4 Å². The Labute approximate surface area is 84.5 Å². The molecule has 1 N–H and O–H groups in total. The molecule has 0 saturated carbocycles. The average molecular weight is 192 g/mol. The Morgan fingerprint density at radius 2 is 2.00 bits per heavy atom. The van der Waals surface area contributed by atoms with Gasteiger partial charge in [0.05, 0.1) is 0 Å². The molecule has 0 spiro atoms. The summed E-state index contributed by atoms with van der Waals surface area (Å²) in [6.07, 6.45) is 1.85. The number of rotatable bonds is 2. The van der Waals surface area contributed by atoms with E-state index in [1.807, 2.05) is 25.4 Å². The lowest BCUT2D eigenvalue weighted by molar-refractivity contribution is 0.195. The smallest absolute Gasteiger partial charge is 0.128 e. The van der Waals surface area contributed by atoms with Gasteiger partial charge in [0.15, 0.2) is 0 Å². The van der Waals surface area contributed by atoms with Gasteiger partial charge in [0.25, 0.3) is 0 Å². The molecule has 0 aliphatic carbocycles. The van der Waals surface area contributed by atoms with Crippen LogP contribution < -0.4 is 10.3 Å². The second-order valence-corrected chi connectivity index (χ2v) is 3.39. The minimum atomic E-state index is 1.04. The Balaban J connectivity index is 1.96. The van der Waals surface area contributed by atoms with E-state index in [-0.39, 0.29) is 0 Å². The molecule has 1 aromatic heterocycles. The first-order valence-electron chi connectivity index (χ1n) is 4.98. The third-order valence-corrected chi connectivity index (χ3v) is 2.57. The molecule has 0 atom stereocenters. The number of hydrazine groups is 1. The first kappa shape index (κ1) is 9.43. The highest BCUT2D eigenvalue weighted by molar-refractivity contribution is 5.38. The number of aromatic nitrogens is 1. The van der Waals surface area contributed by atoms with E-state index >= 15 is 0 Å². The van der Waals surface area contributed by atoms with E-state index in [0.717, 1.165) is 32.0 Å². The van der Waals surface area contributed by atoms with Crippen molar-refractivity contribution < 1.29 is 0 Å². The van der Waals surface area contributed by atoms with Crippen LogP contribution in [0.1, 0.15) is 0 Å². The molecule has 1 saturated heterocycles. The average Bonchev–Trinajstić information content (AvgIpc) is 2.30. The quantitative estimate of drug-likeness (QED) is 0.732. The lowest BCUT2D eigenvalue weighted by atomic mass is 10.3. The molecule has 0 unspecified atom stereocenters. The molecule has 76 valence electrons. The van der Waals surface area contributed by atoms with Crippen LogP contribution in [-0.2, 0) is 0 Å². The van der Waals surface area contributed by atoms with Gasteiger partial charge < -0.3 is 4.90 Å². The second kappa shape index (κ2) is 4.39. The fourth-order valence-corrected chi connectivity index (χ4v) is 1.70. The number of pyridine rings is 1. The Kier molecular flexibility index (Phi) is 2.96. The molecule has 1 fully saturated rings. The van der Waals surface area contributed by atoms with Crippen LogP contribution in [0.3, 0.4) is 0 Å². The normalized spacial score (nSPS) is 18.5. The fourth-order valence-electron chi connectivity index (χ4n) is 1.70. The Morgan fingerprint density at radius 1 is 1.21 bits per heavy atom. The summed E-state index contributed by atoms with van der Waals surface area (Å²) < 4.78 is 0. The van der Waals surface area contributed by atoms with Crippen molar-refractivity contribution in [3.05, 3.63) is 24.4 Å². The fraction of sp³-hybridized carbons (Fsp3) is 0.500. The van der Waals surface area contributed by atoms with E-state index in [9.17, 15) is 0 Å². The monoisotopic (exact) mass is 192 g/mol. The van der Waals surface area contributed by atoms with Gasteiger partial charge >= 0.3 is 0 Å². The highest BCUT2D eigenvalue weighted by atomic mass is 15.5. The van der Waals surface area contributed by atoms with Crippen molar-refractivity contribution in [1.82, 2.24) is 15.4 Å². The van der Waals surface area contributed by atoms with E-state index in [4.69, 9.17) is 0 Å². The molecule has 1 aliphatic heterocycles. The van der Waals surface area contributed by atoms with Gasteiger partial charge in [0, 0.05) is 32.4 Å². The van der Waals surface area contributed by atoms with Crippen molar-refractivity contribution in [2.75, 3.05) is 38.1 Å². The van der Waals surface area contributed by atoms with Crippen molar-refractivity contribution in [2.45, 2.75) is 0 Å². The lowest BCUT2D eigenvalue weighted by Crippen LogP contribution is -2.51. The molecule has 14 heavy (non-hydrogen) atoms. The van der Waals surface area contributed by atoms with Crippen LogP contribution >= 0.6 is 0 Å². The summed E-state index contributed by atoms with van der Waals surface area (Å²) in [6.45, 7) is 4.18. The van der Waals surface area contributed by atoms with Crippen LogP contribution in [0.25, 0.3) is 0 Å². The molecular weight excluding hydrogens is 176 g/mol. The van der Waals surface area contributed by atoms with Gasteiger partial charge in [-0.15, -0.1) is 0 Å². The highest BCUT2D eigenvalue weighted by Gasteiger charge is 2.15. The van der Waals surface area contributed by atoms with Crippen LogP contribution in [0, 0.1) is 0 Å². The number of nitrogens with one attached hydrogen (secondary N) is 1. The summed E-state index contributed by atoms with van der Waals surface area (Å²) in [5, 5.41) is 2.22. The zero-order valence-corrected chi connectivity index (χ0v) is 8.48. The van der Waals surface area contributed by atoms with Gasteiger partial charge in [-0.05, 0) is 19.2 Å². The molecule has 0 bridgehead atoms. The molecule has 1 aliphatic rings. The molecular formula is C10H16N4. The first-order valence-corrected chi connectivity index (χ1v) is 4.98. The van der Waals surface area contributed by atoms with Gasteiger partial charge in [-0.3, -0.25) is 5.43 Å². The maximum Gasteiger partial charge on any atom is 0.128 e. The van der Waals surface area contributed by atoms with Crippen molar-refractivity contribution >= 4 is 5.82 Å². The summed E-state index contributed by atoms with van der Waals surface area (Å²) in [5.74, 6) is 1.09. The van der Waals surface area contributed by atoms with Crippen LogP contribution in [0.2, 0.25) is 0 Å². The molecule has 0 amide bonds. The molecule has 0 aromatic carbocycles. The standard InChI is InChI=1S/C10H16N4/c1-11-14-8-6-13(7-9-14)10-4-2-3-5-12-10/h2-5,11H,6-9H2,1H3. The van der Waals surface area contributed by atoms with Crippen molar-refractivity contribution in [1.29, 1.82) is 0 Å². The van der Waals surface area contributed by atoms with Crippen molar-refractivity contribution in [3.63, 3.8) is 0 Å². The van der Waals surface area contributed by atoms with Crippen molar-refractivity contribution in [2.24, 2.45) is 0 Å². The zero-order valence-electron chi connectivity index (χ0n) is 8.48. The van der Waals surface area contributed by atoms with E-state index < -0.39 is 0 Å². The molecule has 0 radical (unpaired) electrons. The number of piperazine rings is 1. The van der Waals surface area contributed by atoms with Crippen LogP contribution in [0.5, 0.6) is 0 Å². The number of anilines is 1. The van der Waals surface area contributed by atoms with Gasteiger partial charge in [-0.1, -0.05) is 6.07 Å². The molecule has 4 heteroatoms. The van der Waals surface area contributed by atoms with E-state index in [1.54, 1.807) is 0 Å². The Hall–Kier alpha value is -1.13. The number of nitrogens with zero attached hydrogens (tertiary/aromatic N) is 3. The predicted octanol–water partition coefficient (Wildman–Crippen LogP) is 0.338. The zero-order chi connectivity index (χ0) is 9.80. The number of hydrogen-bond acceptors (Lipinski definition) is 4. The van der Waals surface area contributed by atoms with Gasteiger partial charge in [0.1, 0.15) is 5.82 Å². The summed E-state index contributed by atoms with van der Waals surface area (Å²) in [6, 6.07) is 6.05. The Morgan fingerprint density at radius 3 is 2.57 bits per heavy atom. The minimum Gasteiger partial charge on any atom is -0.354 e. The molecule has 2 rings (SSSR count). The second-order valence-electron chi connectivity index (χ2n) is 3.39. The Bertz CT molecular complexity index is 267. The van der Waals surface area contributed by atoms with Crippen LogP contribution in [-0.4, -0.2) is 43.2 Å². The maximum atomic E-state index is 4.34. The molecule has 1 aromatic rings. The van der Waals surface area contributed by atoms with Gasteiger partial charge in [-0.25, -0.2) is 9.99 Å². The van der Waals surface area contributed by atoms with Crippen LogP contribution in [0.4, 0.5) is 5.82 Å². The molecule has 2 heterocycles. The molecule has 4 nitrogen and oxygen atoms in total. The number of hydrogen-bond donors (Lipinski definition) is 1. The van der Waals surface area contributed by atoms with Gasteiger partial charge in [-0.2, -0.15) is 0 Å². The maximum absolute atomic E-state index is 4.34. The third-order valence-electron chi connectivity index (χ3n) is 2.57. The predicted molar refractivity (Wildman–Crippen MR) is 57.1 cm³/mol. The van der Waals surface area contributed by atoms with Crippen molar-refractivity contribution in [3.8, 4) is 0 Å². The first-order chi connectivity index (χ1) is 6.90. The summed E-state index contributed by atoms with van der Waals surface area (Å²) in [7, 11) is 1.97. The topological polar surface area (TPSA) is 31.4 Å². The van der Waals surface area contributed by atoms with E-state index in [2.05, 4.69) is 26.4 Å². The van der Waals surface area contributed by atoms with E-state index in [0.29, 0.717) is 0 Å². The summed E-state index contributed by atoms with van der Waals surface area (Å²) in [4.78, 5) is 6.65. The largest absolute Gasteiger partial charge is 0.354 e. The third kappa shape index (κ3) is 2.02. The van der Waals surface area contributed by atoms with E-state index in [1.165, 1.54) is 0 Å². The lowest BCUT2D eigenvalue weighted by Gasteiger charge is -2.34.